The molecule has 152 valence electrons. The third-order valence-corrected chi connectivity index (χ3v) is 4.66. The molecule has 0 aromatic heterocycles. The van der Waals surface area contributed by atoms with Crippen LogP contribution in [0.25, 0.3) is 0 Å². The number of hydrogen-bond acceptors (Lipinski definition) is 7. The van der Waals surface area contributed by atoms with E-state index in [1.54, 1.807) is 12.1 Å². The van der Waals surface area contributed by atoms with Crippen LogP contribution in [-0.4, -0.2) is 37.6 Å². The summed E-state index contributed by atoms with van der Waals surface area (Å²) >= 11 is 0. The Balaban J connectivity index is 1.80. The Bertz CT molecular complexity index is 973. The van der Waals surface area contributed by atoms with Crippen LogP contribution < -0.4 is 19.1 Å². The largest absolute Gasteiger partial charge is 0.496 e. The molecule has 2 aromatic carbocycles. The molecule has 0 bridgehead atoms. The molecular formula is C20H20N2O7. The normalized spacial score (nSPS) is 15.9. The highest BCUT2D eigenvalue weighted by Gasteiger charge is 2.38. The van der Waals surface area contributed by atoms with Crippen LogP contribution >= 0.6 is 0 Å². The van der Waals surface area contributed by atoms with Crippen molar-refractivity contribution in [1.82, 2.24) is 0 Å². The Morgan fingerprint density at radius 2 is 1.86 bits per heavy atom. The number of nitrogens with zero attached hydrogens (tertiary/aromatic N) is 2. The van der Waals surface area contributed by atoms with Crippen LogP contribution in [-0.2, 0) is 9.59 Å². The summed E-state index contributed by atoms with van der Waals surface area (Å²) in [4.78, 5) is 37.2. The molecule has 1 amide bonds. The van der Waals surface area contributed by atoms with E-state index in [0.29, 0.717) is 11.4 Å². The van der Waals surface area contributed by atoms with E-state index in [-0.39, 0.29) is 36.1 Å². The molecule has 1 aliphatic heterocycles. The summed E-state index contributed by atoms with van der Waals surface area (Å²) in [6, 6.07) is 9.35. The molecular weight excluding hydrogens is 380 g/mol. The SMILES string of the molecule is COc1ccc(OC(=O)C2CC(=O)N(c3cc(C)ccc3OC)C2)c([N+](=O)[O-])c1. The van der Waals surface area contributed by atoms with Crippen molar-refractivity contribution in [1.29, 1.82) is 0 Å². The van der Waals surface area contributed by atoms with Gasteiger partial charge in [-0.25, -0.2) is 0 Å². The lowest BCUT2D eigenvalue weighted by Gasteiger charge is -2.20. The molecule has 0 saturated carbocycles. The molecule has 29 heavy (non-hydrogen) atoms. The van der Waals surface area contributed by atoms with Crippen LogP contribution in [0.15, 0.2) is 36.4 Å². The van der Waals surface area contributed by atoms with Crippen molar-refractivity contribution in [3.8, 4) is 17.2 Å². The van der Waals surface area contributed by atoms with Crippen LogP contribution in [0, 0.1) is 23.0 Å². The minimum Gasteiger partial charge on any atom is -0.496 e. The number of aryl methyl sites for hydroxylation is 1. The number of carbonyl (C=O) groups is 2. The standard InChI is InChI=1S/C20H20N2O7/c1-12-4-6-17(28-3)15(8-12)21-11-13(9-19(21)23)20(24)29-18-7-5-14(27-2)10-16(18)22(25)26/h4-8,10,13H,9,11H2,1-3H3. The molecule has 1 saturated heterocycles. The summed E-state index contributed by atoms with van der Waals surface area (Å²) in [7, 11) is 2.88. The average Bonchev–Trinajstić information content (AvgIpc) is 3.09. The van der Waals surface area contributed by atoms with Gasteiger partial charge in [0.15, 0.2) is 0 Å². The van der Waals surface area contributed by atoms with Crippen LogP contribution in [0.3, 0.4) is 0 Å². The fourth-order valence-electron chi connectivity index (χ4n) is 3.15. The monoisotopic (exact) mass is 400 g/mol. The number of anilines is 1. The van der Waals surface area contributed by atoms with E-state index in [1.165, 1.54) is 37.3 Å². The average molecular weight is 400 g/mol. The zero-order valence-electron chi connectivity index (χ0n) is 16.2. The van der Waals surface area contributed by atoms with Crippen molar-refractivity contribution in [3.63, 3.8) is 0 Å². The molecule has 1 heterocycles. The highest BCUT2D eigenvalue weighted by atomic mass is 16.6. The van der Waals surface area contributed by atoms with Crippen molar-refractivity contribution in [3.05, 3.63) is 52.1 Å². The minimum absolute atomic E-state index is 0.0557. The second-order valence-corrected chi connectivity index (χ2v) is 6.59. The molecule has 9 heteroatoms. The molecule has 2 aromatic rings. The second-order valence-electron chi connectivity index (χ2n) is 6.59. The van der Waals surface area contributed by atoms with Crippen LogP contribution in [0.2, 0.25) is 0 Å². The quantitative estimate of drug-likeness (QED) is 0.317. The van der Waals surface area contributed by atoms with Gasteiger partial charge in [-0.2, -0.15) is 0 Å². The van der Waals surface area contributed by atoms with Crippen LogP contribution in [0.5, 0.6) is 17.2 Å². The third kappa shape index (κ3) is 4.13. The number of rotatable bonds is 6. The number of benzene rings is 2. The first kappa shape index (κ1) is 20.1. The molecule has 1 atom stereocenters. The maximum Gasteiger partial charge on any atom is 0.316 e. The predicted molar refractivity (Wildman–Crippen MR) is 103 cm³/mol. The molecule has 0 aliphatic carbocycles. The van der Waals surface area contributed by atoms with Crippen LogP contribution in [0.4, 0.5) is 11.4 Å². The van der Waals surface area contributed by atoms with Crippen molar-refractivity contribution in [2.24, 2.45) is 5.92 Å². The van der Waals surface area contributed by atoms with Gasteiger partial charge in [0.1, 0.15) is 11.5 Å². The zero-order chi connectivity index (χ0) is 21.1. The number of ether oxygens (including phenoxy) is 3. The number of esters is 1. The summed E-state index contributed by atoms with van der Waals surface area (Å²) in [5.41, 5.74) is 1.12. The van der Waals surface area contributed by atoms with Crippen molar-refractivity contribution in [2.45, 2.75) is 13.3 Å². The number of carbonyl (C=O) groups excluding carboxylic acids is 2. The Hall–Kier alpha value is -3.62. The first-order valence-electron chi connectivity index (χ1n) is 8.83. The summed E-state index contributed by atoms with van der Waals surface area (Å²) in [6.45, 7) is 1.99. The topological polar surface area (TPSA) is 108 Å². The third-order valence-electron chi connectivity index (χ3n) is 4.66. The van der Waals surface area contributed by atoms with Crippen molar-refractivity contribution in [2.75, 3.05) is 25.7 Å². The van der Waals surface area contributed by atoms with Crippen molar-refractivity contribution >= 4 is 23.3 Å². The highest BCUT2D eigenvalue weighted by Crippen LogP contribution is 2.36. The van der Waals surface area contributed by atoms with E-state index in [0.717, 1.165) is 5.56 Å². The number of nitro groups is 1. The van der Waals surface area contributed by atoms with E-state index in [2.05, 4.69) is 0 Å². The Labute approximate surface area is 166 Å². The number of hydrogen-bond donors (Lipinski definition) is 0. The molecule has 1 fully saturated rings. The van der Waals surface area contributed by atoms with Gasteiger partial charge in [0.2, 0.25) is 11.7 Å². The molecule has 0 N–H and O–H groups in total. The van der Waals surface area contributed by atoms with Gasteiger partial charge in [-0.05, 0) is 36.8 Å². The molecule has 0 radical (unpaired) electrons. The summed E-state index contributed by atoms with van der Waals surface area (Å²) < 4.78 is 15.5. The van der Waals surface area contributed by atoms with Gasteiger partial charge in [0, 0.05) is 13.0 Å². The van der Waals surface area contributed by atoms with Gasteiger partial charge in [-0.1, -0.05) is 6.07 Å². The maximum atomic E-state index is 12.6. The first-order chi connectivity index (χ1) is 13.8. The van der Waals surface area contributed by atoms with Gasteiger partial charge < -0.3 is 19.1 Å². The van der Waals surface area contributed by atoms with E-state index >= 15 is 0 Å². The number of amides is 1. The maximum absolute atomic E-state index is 12.6. The smallest absolute Gasteiger partial charge is 0.316 e. The first-order valence-corrected chi connectivity index (χ1v) is 8.83. The van der Waals surface area contributed by atoms with E-state index in [1.807, 2.05) is 13.0 Å². The lowest BCUT2D eigenvalue weighted by atomic mass is 10.1. The molecule has 1 aliphatic rings. The summed E-state index contributed by atoms with van der Waals surface area (Å²) in [5, 5.41) is 11.3. The molecule has 1 unspecified atom stereocenters. The summed E-state index contributed by atoms with van der Waals surface area (Å²) in [6.07, 6.45) is -0.0557. The Morgan fingerprint density at radius 1 is 1.14 bits per heavy atom. The Morgan fingerprint density at radius 3 is 2.52 bits per heavy atom. The fourth-order valence-corrected chi connectivity index (χ4v) is 3.15. The lowest BCUT2D eigenvalue weighted by molar-refractivity contribution is -0.385. The highest BCUT2D eigenvalue weighted by molar-refractivity contribution is 6.01. The van der Waals surface area contributed by atoms with Gasteiger partial charge >= 0.3 is 11.7 Å². The molecule has 9 nitrogen and oxygen atoms in total. The molecule has 3 rings (SSSR count). The molecule has 0 spiro atoms. The van der Waals surface area contributed by atoms with E-state index < -0.39 is 16.8 Å². The Kier molecular flexibility index (Phi) is 5.67. The zero-order valence-corrected chi connectivity index (χ0v) is 16.2. The van der Waals surface area contributed by atoms with Gasteiger partial charge in [0.25, 0.3) is 0 Å². The van der Waals surface area contributed by atoms with Crippen LogP contribution in [0.1, 0.15) is 12.0 Å². The minimum atomic E-state index is -0.755. The fraction of sp³-hybridized carbons (Fsp3) is 0.300. The summed E-state index contributed by atoms with van der Waals surface area (Å²) in [5.74, 6) is -1.12. The number of nitro benzene ring substituents is 1. The lowest BCUT2D eigenvalue weighted by Crippen LogP contribution is -2.27. The number of methoxy groups -OCH3 is 2. The predicted octanol–water partition coefficient (Wildman–Crippen LogP) is 2.88. The van der Waals surface area contributed by atoms with Gasteiger partial charge in [-0.3, -0.25) is 19.7 Å². The van der Waals surface area contributed by atoms with Crippen molar-refractivity contribution < 1.29 is 28.7 Å². The second kappa shape index (κ2) is 8.17. The van der Waals surface area contributed by atoms with Gasteiger partial charge in [-0.15, -0.1) is 0 Å². The van der Waals surface area contributed by atoms with E-state index in [9.17, 15) is 19.7 Å². The van der Waals surface area contributed by atoms with Gasteiger partial charge in [0.05, 0.1) is 36.8 Å². The van der Waals surface area contributed by atoms with E-state index in [4.69, 9.17) is 14.2 Å².